The largest absolute Gasteiger partial charge is 0.349 e. The molecule has 8 heteroatoms. The molecule has 33 heavy (non-hydrogen) atoms. The summed E-state index contributed by atoms with van der Waals surface area (Å²) >= 11 is 6.46. The number of anilines is 2. The Labute approximate surface area is 197 Å². The molecule has 7 nitrogen and oxygen atoms in total. The molecule has 2 N–H and O–H groups in total. The van der Waals surface area contributed by atoms with Crippen molar-refractivity contribution < 1.29 is 4.79 Å². The predicted octanol–water partition coefficient (Wildman–Crippen LogP) is 5.03. The molecule has 0 aliphatic rings. The van der Waals surface area contributed by atoms with E-state index in [1.54, 1.807) is 44.7 Å². The molecule has 0 atom stereocenters. The number of aromatic amines is 1. The summed E-state index contributed by atoms with van der Waals surface area (Å²) in [6.45, 7) is 3.97. The average Bonchev–Trinajstić information content (AvgIpc) is 3.23. The van der Waals surface area contributed by atoms with Crippen molar-refractivity contribution >= 4 is 40.0 Å². The number of hydrogen-bond donors (Lipinski definition) is 2. The van der Waals surface area contributed by atoms with Gasteiger partial charge in [-0.25, -0.2) is 9.97 Å². The van der Waals surface area contributed by atoms with E-state index in [4.69, 9.17) is 18.0 Å². The lowest BCUT2D eigenvalue weighted by molar-refractivity contribution is 0.0823. The molecule has 3 heterocycles. The van der Waals surface area contributed by atoms with Crippen LogP contribution >= 0.6 is 11.6 Å². The van der Waals surface area contributed by atoms with Crippen LogP contribution in [0.25, 0.3) is 22.3 Å². The number of carbonyl (C=O) groups is 1. The van der Waals surface area contributed by atoms with E-state index in [2.05, 4.69) is 31.2 Å². The maximum Gasteiger partial charge on any atom is 0.269 e. The van der Waals surface area contributed by atoms with Gasteiger partial charge in [0.1, 0.15) is 5.69 Å². The molecular formula is C25H23ClN6O. The summed E-state index contributed by atoms with van der Waals surface area (Å²) in [6.07, 6.45) is 9.07. The molecule has 0 saturated carbocycles. The lowest BCUT2D eigenvalue weighted by atomic mass is 9.86. The summed E-state index contributed by atoms with van der Waals surface area (Å²) in [5.74, 6) is 3.07. The zero-order chi connectivity index (χ0) is 23.8. The number of carbonyl (C=O) groups excluding carboxylic acids is 1. The second kappa shape index (κ2) is 8.57. The van der Waals surface area contributed by atoms with Crippen LogP contribution in [0.1, 0.15) is 29.9 Å². The van der Waals surface area contributed by atoms with Gasteiger partial charge in [0.05, 0.1) is 27.3 Å². The second-order valence-corrected chi connectivity index (χ2v) is 8.80. The summed E-state index contributed by atoms with van der Waals surface area (Å²) in [6, 6.07) is 11.1. The number of pyridine rings is 1. The van der Waals surface area contributed by atoms with Gasteiger partial charge in [0.25, 0.3) is 5.91 Å². The average molecular weight is 459 g/mol. The lowest BCUT2D eigenvalue weighted by Crippen LogP contribution is -2.21. The van der Waals surface area contributed by atoms with Crippen LogP contribution in [0.15, 0.2) is 48.8 Å². The molecule has 0 saturated heterocycles. The van der Waals surface area contributed by atoms with Crippen LogP contribution in [0.3, 0.4) is 0 Å². The summed E-state index contributed by atoms with van der Waals surface area (Å²) in [4.78, 5) is 30.2. The van der Waals surface area contributed by atoms with Crippen LogP contribution in [-0.4, -0.2) is 44.8 Å². The predicted molar refractivity (Wildman–Crippen MR) is 132 cm³/mol. The number of halogens is 1. The molecule has 0 aliphatic carbocycles. The van der Waals surface area contributed by atoms with E-state index in [1.165, 1.54) is 4.90 Å². The van der Waals surface area contributed by atoms with Crippen LogP contribution in [0, 0.1) is 12.3 Å². The third kappa shape index (κ3) is 4.52. The van der Waals surface area contributed by atoms with Gasteiger partial charge in [-0.15, -0.1) is 6.42 Å². The quantitative estimate of drug-likeness (QED) is 0.409. The Kier molecular flexibility index (Phi) is 5.79. The van der Waals surface area contributed by atoms with Gasteiger partial charge in [0.2, 0.25) is 5.95 Å². The van der Waals surface area contributed by atoms with Gasteiger partial charge < -0.3 is 15.2 Å². The van der Waals surface area contributed by atoms with Crippen molar-refractivity contribution in [2.75, 3.05) is 19.4 Å². The van der Waals surface area contributed by atoms with Gasteiger partial charge in [0.15, 0.2) is 0 Å². The Morgan fingerprint density at radius 1 is 1.12 bits per heavy atom. The molecule has 0 fully saturated rings. The Morgan fingerprint density at radius 2 is 1.88 bits per heavy atom. The molecule has 1 aromatic carbocycles. The third-order valence-electron chi connectivity index (χ3n) is 5.33. The van der Waals surface area contributed by atoms with Crippen LogP contribution in [0.4, 0.5) is 11.6 Å². The van der Waals surface area contributed by atoms with Crippen LogP contribution < -0.4 is 5.32 Å². The van der Waals surface area contributed by atoms with Crippen molar-refractivity contribution in [2.24, 2.45) is 0 Å². The van der Waals surface area contributed by atoms with Crippen molar-refractivity contribution in [3.05, 3.63) is 65.1 Å². The van der Waals surface area contributed by atoms with E-state index >= 15 is 0 Å². The van der Waals surface area contributed by atoms with Crippen molar-refractivity contribution in [2.45, 2.75) is 19.3 Å². The van der Waals surface area contributed by atoms with Crippen molar-refractivity contribution in [3.63, 3.8) is 0 Å². The lowest BCUT2D eigenvalue weighted by Gasteiger charge is -2.18. The zero-order valence-electron chi connectivity index (χ0n) is 18.8. The Bertz CT molecular complexity index is 1400. The van der Waals surface area contributed by atoms with E-state index in [0.717, 1.165) is 10.9 Å². The minimum absolute atomic E-state index is 0.129. The smallest absolute Gasteiger partial charge is 0.269 e. The summed E-state index contributed by atoms with van der Waals surface area (Å²) < 4.78 is 0. The fourth-order valence-electron chi connectivity index (χ4n) is 3.36. The molecule has 1 amide bonds. The van der Waals surface area contributed by atoms with Gasteiger partial charge in [-0.1, -0.05) is 17.5 Å². The van der Waals surface area contributed by atoms with Crippen LogP contribution in [0.5, 0.6) is 0 Å². The zero-order valence-corrected chi connectivity index (χ0v) is 19.5. The van der Waals surface area contributed by atoms with Gasteiger partial charge in [-0.3, -0.25) is 9.78 Å². The third-order valence-corrected chi connectivity index (χ3v) is 5.63. The van der Waals surface area contributed by atoms with Crippen molar-refractivity contribution in [3.8, 4) is 23.7 Å². The van der Waals surface area contributed by atoms with Crippen LogP contribution in [-0.2, 0) is 5.41 Å². The topological polar surface area (TPSA) is 86.8 Å². The summed E-state index contributed by atoms with van der Waals surface area (Å²) in [5.41, 5.74) is 3.79. The fourth-order valence-corrected chi connectivity index (χ4v) is 3.64. The Morgan fingerprint density at radius 3 is 2.61 bits per heavy atom. The highest BCUT2D eigenvalue weighted by atomic mass is 35.5. The number of nitrogens with one attached hydrogen (secondary N) is 2. The van der Waals surface area contributed by atoms with Crippen molar-refractivity contribution in [1.82, 2.24) is 24.8 Å². The van der Waals surface area contributed by atoms with E-state index in [-0.39, 0.29) is 5.91 Å². The maximum absolute atomic E-state index is 12.3. The molecule has 4 rings (SSSR count). The molecule has 0 radical (unpaired) electrons. The van der Waals surface area contributed by atoms with E-state index in [9.17, 15) is 4.79 Å². The van der Waals surface area contributed by atoms with Gasteiger partial charge in [-0.05, 0) is 55.8 Å². The first-order valence-electron chi connectivity index (χ1n) is 10.3. The van der Waals surface area contributed by atoms with Gasteiger partial charge in [0, 0.05) is 37.6 Å². The number of aromatic nitrogens is 4. The minimum atomic E-state index is -0.415. The maximum atomic E-state index is 12.3. The highest BCUT2D eigenvalue weighted by Gasteiger charge is 2.18. The molecule has 0 spiro atoms. The highest BCUT2D eigenvalue weighted by molar-refractivity contribution is 6.35. The second-order valence-electron chi connectivity index (χ2n) is 8.39. The monoisotopic (exact) mass is 458 g/mol. The number of rotatable bonds is 5. The number of terminal acetylenes is 1. The van der Waals surface area contributed by atoms with Gasteiger partial charge >= 0.3 is 0 Å². The number of fused-ring (bicyclic) bond motifs is 1. The van der Waals surface area contributed by atoms with Crippen LogP contribution in [0.2, 0.25) is 5.02 Å². The SMILES string of the molecule is C#CC(C)(C)c1ccnc(-c2ccnc(Nc3cc(Cl)c4[nH]c(C(=O)N(C)C)cc4c3)n2)c1. The number of benzene rings is 1. The van der Waals surface area contributed by atoms with Crippen molar-refractivity contribution in [1.29, 1.82) is 0 Å². The standard InChI is InChI=1S/C25H23ClN6O/c1-6-25(2,3)16-7-9-27-20(13-16)19-8-10-28-24(31-19)29-17-11-15-12-21(23(33)32(4)5)30-22(15)18(26)14-17/h1,7-14,30H,2-5H3,(H,28,29,31). The number of H-pyrrole nitrogens is 1. The highest BCUT2D eigenvalue weighted by Crippen LogP contribution is 2.30. The van der Waals surface area contributed by atoms with E-state index in [0.29, 0.717) is 39.3 Å². The summed E-state index contributed by atoms with van der Waals surface area (Å²) in [5, 5.41) is 4.47. The molecule has 0 aliphatic heterocycles. The number of hydrogen-bond acceptors (Lipinski definition) is 5. The van der Waals surface area contributed by atoms with Gasteiger partial charge in [-0.2, -0.15) is 0 Å². The number of amides is 1. The molecular weight excluding hydrogens is 436 g/mol. The minimum Gasteiger partial charge on any atom is -0.349 e. The molecule has 0 bridgehead atoms. The first-order chi connectivity index (χ1) is 15.7. The Balaban J connectivity index is 1.65. The normalized spacial score (nSPS) is 11.3. The molecule has 3 aromatic heterocycles. The fraction of sp³-hybridized carbons (Fsp3) is 0.200. The first kappa shape index (κ1) is 22.3. The number of nitrogens with zero attached hydrogens (tertiary/aromatic N) is 4. The Hall–Kier alpha value is -3.89. The summed E-state index contributed by atoms with van der Waals surface area (Å²) in [7, 11) is 3.40. The molecule has 4 aromatic rings. The first-order valence-corrected chi connectivity index (χ1v) is 10.6. The molecule has 0 unspecified atom stereocenters. The van der Waals surface area contributed by atoms with E-state index in [1.807, 2.05) is 32.0 Å². The van der Waals surface area contributed by atoms with E-state index < -0.39 is 5.41 Å². The molecule has 166 valence electrons.